The molecule has 3 N–H and O–H groups in total. The number of nitrogens with one attached hydrogen (secondary N) is 1. The number of Topliss-reactive ketones (excluding diaryl/α,β-unsaturated/α-hetero) is 1. The smallest absolute Gasteiger partial charge is 0.161 e. The zero-order valence-electron chi connectivity index (χ0n) is 9.60. The second-order valence-corrected chi connectivity index (χ2v) is 3.85. The van der Waals surface area contributed by atoms with E-state index in [0.717, 1.165) is 11.4 Å². The molecule has 0 aliphatic carbocycles. The third kappa shape index (κ3) is 2.64. The van der Waals surface area contributed by atoms with Gasteiger partial charge < -0.3 is 11.1 Å². The van der Waals surface area contributed by atoms with Crippen molar-refractivity contribution in [2.45, 2.75) is 6.92 Å². The molecule has 2 aromatic carbocycles. The largest absolute Gasteiger partial charge is 0.398 e. The predicted molar refractivity (Wildman–Crippen MR) is 70.6 cm³/mol. The Labute approximate surface area is 100 Å². The summed E-state index contributed by atoms with van der Waals surface area (Å²) in [6.45, 7) is 1.51. The molecule has 0 saturated carbocycles. The van der Waals surface area contributed by atoms with Gasteiger partial charge in [-0.3, -0.25) is 4.79 Å². The SMILES string of the molecule is CC(=O)c1ccc(Nc2ccccc2)cc1N. The summed E-state index contributed by atoms with van der Waals surface area (Å²) in [5.41, 5.74) is 8.73. The van der Waals surface area contributed by atoms with Crippen LogP contribution in [0.15, 0.2) is 48.5 Å². The molecule has 2 rings (SSSR count). The van der Waals surface area contributed by atoms with E-state index in [9.17, 15) is 4.79 Å². The number of hydrogen-bond donors (Lipinski definition) is 2. The van der Waals surface area contributed by atoms with Crippen LogP contribution in [0.1, 0.15) is 17.3 Å². The molecule has 0 unspecified atom stereocenters. The fourth-order valence-electron chi connectivity index (χ4n) is 1.65. The summed E-state index contributed by atoms with van der Waals surface area (Å²) in [5.74, 6) is -0.0197. The first kappa shape index (κ1) is 11.2. The highest BCUT2D eigenvalue weighted by Gasteiger charge is 2.05. The van der Waals surface area contributed by atoms with Crippen LogP contribution in [0.5, 0.6) is 0 Å². The number of carbonyl (C=O) groups is 1. The van der Waals surface area contributed by atoms with Crippen molar-refractivity contribution in [3.05, 3.63) is 54.1 Å². The fraction of sp³-hybridized carbons (Fsp3) is 0.0714. The Morgan fingerprint density at radius 1 is 1.06 bits per heavy atom. The number of nitrogens with two attached hydrogens (primary N) is 1. The Kier molecular flexibility index (Phi) is 3.10. The minimum absolute atomic E-state index is 0.0197. The molecule has 3 heteroatoms. The number of benzene rings is 2. The molecule has 0 saturated heterocycles. The van der Waals surface area contributed by atoms with Crippen LogP contribution in [0.2, 0.25) is 0 Å². The third-order valence-corrected chi connectivity index (χ3v) is 2.49. The summed E-state index contributed by atoms with van der Waals surface area (Å²) in [6.07, 6.45) is 0. The van der Waals surface area contributed by atoms with Crippen LogP contribution in [0.3, 0.4) is 0 Å². The van der Waals surface area contributed by atoms with Crippen molar-refractivity contribution in [2.24, 2.45) is 0 Å². The molecule has 0 heterocycles. The maximum atomic E-state index is 11.2. The Hall–Kier alpha value is -2.29. The molecule has 0 aliphatic heterocycles. The molecule has 0 bridgehead atoms. The van der Waals surface area contributed by atoms with E-state index >= 15 is 0 Å². The van der Waals surface area contributed by atoms with Crippen molar-refractivity contribution < 1.29 is 4.79 Å². The Morgan fingerprint density at radius 3 is 2.35 bits per heavy atom. The van der Waals surface area contributed by atoms with Crippen LogP contribution in [0.25, 0.3) is 0 Å². The van der Waals surface area contributed by atoms with Crippen LogP contribution < -0.4 is 11.1 Å². The molecule has 3 nitrogen and oxygen atoms in total. The van der Waals surface area contributed by atoms with E-state index in [2.05, 4.69) is 5.32 Å². The van der Waals surface area contributed by atoms with Crippen LogP contribution >= 0.6 is 0 Å². The highest BCUT2D eigenvalue weighted by Crippen LogP contribution is 2.21. The lowest BCUT2D eigenvalue weighted by molar-refractivity contribution is 0.101. The molecule has 0 radical (unpaired) electrons. The lowest BCUT2D eigenvalue weighted by Crippen LogP contribution is -2.00. The van der Waals surface area contributed by atoms with Crippen molar-refractivity contribution in [1.82, 2.24) is 0 Å². The molecule has 0 atom stereocenters. The van der Waals surface area contributed by atoms with Crippen molar-refractivity contribution >= 4 is 22.8 Å². The molecule has 2 aromatic rings. The Morgan fingerprint density at radius 2 is 1.76 bits per heavy atom. The van der Waals surface area contributed by atoms with E-state index in [1.807, 2.05) is 36.4 Å². The summed E-state index contributed by atoms with van der Waals surface area (Å²) in [6, 6.07) is 15.2. The van der Waals surface area contributed by atoms with Gasteiger partial charge in [-0.05, 0) is 37.3 Å². The molecule has 0 fully saturated rings. The normalized spacial score (nSPS) is 9.94. The molecule has 17 heavy (non-hydrogen) atoms. The first-order chi connectivity index (χ1) is 8.16. The van der Waals surface area contributed by atoms with Gasteiger partial charge in [0, 0.05) is 22.6 Å². The van der Waals surface area contributed by atoms with Crippen molar-refractivity contribution in [1.29, 1.82) is 0 Å². The molecular weight excluding hydrogens is 212 g/mol. The van der Waals surface area contributed by atoms with Crippen molar-refractivity contribution in [3.63, 3.8) is 0 Å². The highest BCUT2D eigenvalue weighted by atomic mass is 16.1. The fourth-order valence-corrected chi connectivity index (χ4v) is 1.65. The number of carbonyl (C=O) groups excluding carboxylic acids is 1. The topological polar surface area (TPSA) is 55.1 Å². The third-order valence-electron chi connectivity index (χ3n) is 2.49. The van der Waals surface area contributed by atoms with Crippen molar-refractivity contribution in [2.75, 3.05) is 11.1 Å². The van der Waals surface area contributed by atoms with E-state index < -0.39 is 0 Å². The molecule has 0 amide bonds. The van der Waals surface area contributed by atoms with E-state index in [0.29, 0.717) is 11.3 Å². The van der Waals surface area contributed by atoms with Crippen LogP contribution in [0.4, 0.5) is 17.1 Å². The number of hydrogen-bond acceptors (Lipinski definition) is 3. The summed E-state index contributed by atoms with van der Waals surface area (Å²) in [7, 11) is 0. The number of nitrogen functional groups attached to an aromatic ring is 1. The second kappa shape index (κ2) is 4.70. The monoisotopic (exact) mass is 226 g/mol. The number of rotatable bonds is 3. The lowest BCUT2D eigenvalue weighted by Gasteiger charge is -2.08. The van der Waals surface area contributed by atoms with Gasteiger partial charge >= 0.3 is 0 Å². The van der Waals surface area contributed by atoms with E-state index in [1.165, 1.54) is 6.92 Å². The average Bonchev–Trinajstić information content (AvgIpc) is 2.30. The van der Waals surface area contributed by atoms with Gasteiger partial charge in [-0.15, -0.1) is 0 Å². The first-order valence-corrected chi connectivity index (χ1v) is 5.39. The number of anilines is 3. The molecule has 0 spiro atoms. The Bertz CT molecular complexity index is 535. The predicted octanol–water partition coefficient (Wildman–Crippen LogP) is 3.22. The Balaban J connectivity index is 2.24. The van der Waals surface area contributed by atoms with Gasteiger partial charge in [-0.25, -0.2) is 0 Å². The van der Waals surface area contributed by atoms with Gasteiger partial charge in [0.05, 0.1) is 0 Å². The van der Waals surface area contributed by atoms with E-state index in [4.69, 9.17) is 5.73 Å². The molecule has 0 aliphatic rings. The molecule has 0 aromatic heterocycles. The minimum atomic E-state index is -0.0197. The van der Waals surface area contributed by atoms with Gasteiger partial charge in [0.1, 0.15) is 0 Å². The quantitative estimate of drug-likeness (QED) is 0.624. The first-order valence-electron chi connectivity index (χ1n) is 5.39. The van der Waals surface area contributed by atoms with Gasteiger partial charge in [0.25, 0.3) is 0 Å². The minimum Gasteiger partial charge on any atom is -0.398 e. The number of para-hydroxylation sites is 1. The maximum absolute atomic E-state index is 11.2. The summed E-state index contributed by atoms with van der Waals surface area (Å²) >= 11 is 0. The summed E-state index contributed by atoms with van der Waals surface area (Å²) in [5, 5.41) is 3.22. The standard InChI is InChI=1S/C14H14N2O/c1-10(17)13-8-7-12(9-14(13)15)16-11-5-3-2-4-6-11/h2-9,16H,15H2,1H3. The van der Waals surface area contributed by atoms with Crippen LogP contribution in [-0.2, 0) is 0 Å². The summed E-state index contributed by atoms with van der Waals surface area (Å²) < 4.78 is 0. The molecular formula is C14H14N2O. The zero-order valence-corrected chi connectivity index (χ0v) is 9.60. The number of ketones is 1. The van der Waals surface area contributed by atoms with Gasteiger partial charge in [-0.1, -0.05) is 18.2 Å². The van der Waals surface area contributed by atoms with Crippen molar-refractivity contribution in [3.8, 4) is 0 Å². The lowest BCUT2D eigenvalue weighted by atomic mass is 10.1. The van der Waals surface area contributed by atoms with Crippen LogP contribution in [-0.4, -0.2) is 5.78 Å². The molecule has 86 valence electrons. The second-order valence-electron chi connectivity index (χ2n) is 3.85. The highest BCUT2D eigenvalue weighted by molar-refractivity contribution is 5.99. The average molecular weight is 226 g/mol. The zero-order chi connectivity index (χ0) is 12.3. The van der Waals surface area contributed by atoms with Gasteiger partial charge in [0.15, 0.2) is 5.78 Å². The van der Waals surface area contributed by atoms with E-state index in [-0.39, 0.29) is 5.78 Å². The van der Waals surface area contributed by atoms with Gasteiger partial charge in [-0.2, -0.15) is 0 Å². The van der Waals surface area contributed by atoms with E-state index in [1.54, 1.807) is 12.1 Å². The maximum Gasteiger partial charge on any atom is 0.161 e. The van der Waals surface area contributed by atoms with Crippen LogP contribution in [0, 0.1) is 0 Å². The summed E-state index contributed by atoms with van der Waals surface area (Å²) in [4.78, 5) is 11.2. The van der Waals surface area contributed by atoms with Gasteiger partial charge in [0.2, 0.25) is 0 Å².